The molecule has 0 radical (unpaired) electrons. The molecule has 0 saturated carbocycles. The smallest absolute Gasteiger partial charge is 0.305 e. The number of carbonyl (C=O) groups excluding carboxylic acids is 3. The number of aliphatic hydroxyl groups excluding tert-OH is 1. The van der Waals surface area contributed by atoms with E-state index in [0.717, 1.165) is 43.2 Å². The van der Waals surface area contributed by atoms with Gasteiger partial charge in [0, 0.05) is 25.1 Å². The van der Waals surface area contributed by atoms with E-state index in [1.165, 1.54) is 37.7 Å². The summed E-state index contributed by atoms with van der Waals surface area (Å²) in [5.41, 5.74) is 8.30. The van der Waals surface area contributed by atoms with Gasteiger partial charge in [0.05, 0.1) is 7.11 Å². The van der Waals surface area contributed by atoms with Gasteiger partial charge in [0.25, 0.3) is 5.91 Å². The molecular weight excluding hydrogens is 396 g/mol. The topological polar surface area (TPSA) is 110 Å². The van der Waals surface area contributed by atoms with Crippen molar-refractivity contribution < 1.29 is 24.2 Å². The number of carbonyl (C=O) groups is 3. The molecule has 1 atom stereocenters. The molecular formula is C24H36N2O5. The first-order valence-corrected chi connectivity index (χ1v) is 11.4. The molecule has 1 aromatic carbocycles. The molecule has 0 fully saturated rings. The van der Waals surface area contributed by atoms with E-state index in [-0.39, 0.29) is 25.4 Å². The number of primary amides is 1. The summed E-state index contributed by atoms with van der Waals surface area (Å²) in [5.74, 6) is -1.23. The van der Waals surface area contributed by atoms with Crippen LogP contribution in [0.1, 0.15) is 85.7 Å². The Morgan fingerprint density at radius 1 is 1.10 bits per heavy atom. The van der Waals surface area contributed by atoms with Crippen LogP contribution in [0.15, 0.2) is 18.2 Å². The summed E-state index contributed by atoms with van der Waals surface area (Å²) in [6, 6.07) is 4.92. The van der Waals surface area contributed by atoms with Gasteiger partial charge in [-0.05, 0) is 42.9 Å². The lowest BCUT2D eigenvalue weighted by molar-refractivity contribution is -0.141. The molecule has 31 heavy (non-hydrogen) atoms. The van der Waals surface area contributed by atoms with Crippen LogP contribution in [0.25, 0.3) is 0 Å². The second-order valence-corrected chi connectivity index (χ2v) is 8.21. The number of methoxy groups -OCH3 is 1. The molecule has 1 heterocycles. The lowest BCUT2D eigenvalue weighted by atomic mass is 9.98. The molecule has 0 aliphatic carbocycles. The summed E-state index contributed by atoms with van der Waals surface area (Å²) in [6.07, 6.45) is 10.1. The van der Waals surface area contributed by atoms with E-state index in [2.05, 4.69) is 10.8 Å². The SMILES string of the molecule is COC(=O)CC[C@@H](C(N)=O)N1Cc2c(CCCCCCCCCCO)cccc2C1=O. The molecule has 1 aliphatic heterocycles. The fourth-order valence-corrected chi connectivity index (χ4v) is 4.20. The highest BCUT2D eigenvalue weighted by Crippen LogP contribution is 2.30. The van der Waals surface area contributed by atoms with E-state index < -0.39 is 17.9 Å². The molecule has 7 heteroatoms. The Bertz CT molecular complexity index is 749. The minimum absolute atomic E-state index is 0.0388. The number of unbranched alkanes of at least 4 members (excludes halogenated alkanes) is 7. The minimum atomic E-state index is -0.822. The first kappa shape index (κ1) is 24.9. The number of amides is 2. The molecule has 0 bridgehead atoms. The molecule has 0 spiro atoms. The van der Waals surface area contributed by atoms with Crippen molar-refractivity contribution in [1.82, 2.24) is 4.90 Å². The molecule has 0 aromatic heterocycles. The Morgan fingerprint density at radius 2 is 1.74 bits per heavy atom. The highest BCUT2D eigenvalue weighted by atomic mass is 16.5. The average Bonchev–Trinajstić information content (AvgIpc) is 3.09. The predicted octanol–water partition coefficient (Wildman–Crippen LogP) is 3.11. The van der Waals surface area contributed by atoms with Crippen LogP contribution in [0.2, 0.25) is 0 Å². The van der Waals surface area contributed by atoms with Gasteiger partial charge in [-0.3, -0.25) is 14.4 Å². The highest BCUT2D eigenvalue weighted by molar-refractivity contribution is 6.01. The fraction of sp³-hybridized carbons (Fsp3) is 0.625. The molecule has 1 aromatic rings. The molecule has 2 rings (SSSR count). The number of hydrogen-bond donors (Lipinski definition) is 2. The number of aliphatic hydroxyl groups is 1. The average molecular weight is 433 g/mol. The fourth-order valence-electron chi connectivity index (χ4n) is 4.20. The third-order valence-corrected chi connectivity index (χ3v) is 6.00. The molecule has 1 aliphatic rings. The maximum atomic E-state index is 12.9. The number of fused-ring (bicyclic) bond motifs is 1. The maximum Gasteiger partial charge on any atom is 0.305 e. The van der Waals surface area contributed by atoms with E-state index in [1.807, 2.05) is 6.07 Å². The number of rotatable bonds is 15. The van der Waals surface area contributed by atoms with Gasteiger partial charge in [-0.25, -0.2) is 0 Å². The van der Waals surface area contributed by atoms with Crippen molar-refractivity contribution in [3.8, 4) is 0 Å². The summed E-state index contributed by atoms with van der Waals surface area (Å²) < 4.78 is 4.64. The quantitative estimate of drug-likeness (QED) is 0.327. The zero-order chi connectivity index (χ0) is 22.6. The van der Waals surface area contributed by atoms with Crippen LogP contribution in [0.4, 0.5) is 0 Å². The van der Waals surface area contributed by atoms with Crippen molar-refractivity contribution >= 4 is 17.8 Å². The van der Waals surface area contributed by atoms with Crippen LogP contribution in [0.3, 0.4) is 0 Å². The van der Waals surface area contributed by atoms with Gasteiger partial charge in [0.1, 0.15) is 6.04 Å². The van der Waals surface area contributed by atoms with Crippen molar-refractivity contribution in [1.29, 1.82) is 0 Å². The van der Waals surface area contributed by atoms with Crippen LogP contribution in [0, 0.1) is 0 Å². The number of nitrogens with zero attached hydrogens (tertiary/aromatic N) is 1. The van der Waals surface area contributed by atoms with Crippen molar-refractivity contribution in [2.75, 3.05) is 13.7 Å². The van der Waals surface area contributed by atoms with Crippen LogP contribution in [-0.2, 0) is 27.3 Å². The van der Waals surface area contributed by atoms with E-state index in [9.17, 15) is 14.4 Å². The number of aryl methyl sites for hydroxylation is 1. The van der Waals surface area contributed by atoms with Gasteiger partial charge >= 0.3 is 5.97 Å². The summed E-state index contributed by atoms with van der Waals surface area (Å²) in [7, 11) is 1.29. The van der Waals surface area contributed by atoms with E-state index in [0.29, 0.717) is 12.1 Å². The van der Waals surface area contributed by atoms with Crippen LogP contribution < -0.4 is 5.73 Å². The number of nitrogens with two attached hydrogens (primary N) is 1. The Kier molecular flexibility index (Phi) is 10.5. The summed E-state index contributed by atoms with van der Waals surface area (Å²) in [5, 5.41) is 8.80. The monoisotopic (exact) mass is 432 g/mol. The summed E-state index contributed by atoms with van der Waals surface area (Å²) >= 11 is 0. The van der Waals surface area contributed by atoms with Gasteiger partial charge in [0.2, 0.25) is 5.91 Å². The van der Waals surface area contributed by atoms with Crippen LogP contribution in [0.5, 0.6) is 0 Å². The van der Waals surface area contributed by atoms with Crippen molar-refractivity contribution in [3.05, 3.63) is 34.9 Å². The molecule has 0 unspecified atom stereocenters. The Morgan fingerprint density at radius 3 is 2.35 bits per heavy atom. The van der Waals surface area contributed by atoms with Crippen molar-refractivity contribution in [2.45, 2.75) is 83.2 Å². The van der Waals surface area contributed by atoms with Crippen molar-refractivity contribution in [2.24, 2.45) is 5.73 Å². The molecule has 2 amide bonds. The standard InChI is InChI=1S/C24H36N2O5/c1-31-22(28)15-14-21(23(25)29)26-17-20-18(12-10-13-19(20)24(26)30)11-8-6-4-2-3-5-7-9-16-27/h10,12-13,21,27H,2-9,11,14-17H2,1H3,(H2,25,29)/t21-/m0/s1. The Hall–Kier alpha value is -2.41. The van der Waals surface area contributed by atoms with E-state index in [4.69, 9.17) is 10.8 Å². The zero-order valence-electron chi connectivity index (χ0n) is 18.6. The molecule has 172 valence electrons. The predicted molar refractivity (Wildman–Crippen MR) is 118 cm³/mol. The normalized spacial score (nSPS) is 13.9. The minimum Gasteiger partial charge on any atom is -0.469 e. The Labute approximate surface area is 184 Å². The Balaban J connectivity index is 1.89. The van der Waals surface area contributed by atoms with E-state index in [1.54, 1.807) is 6.07 Å². The van der Waals surface area contributed by atoms with Gasteiger partial charge in [-0.1, -0.05) is 50.7 Å². The first-order valence-electron chi connectivity index (χ1n) is 11.4. The number of esters is 1. The van der Waals surface area contributed by atoms with E-state index >= 15 is 0 Å². The van der Waals surface area contributed by atoms with Crippen molar-refractivity contribution in [3.63, 3.8) is 0 Å². The first-order chi connectivity index (χ1) is 15.0. The molecule has 3 N–H and O–H groups in total. The number of ether oxygens (including phenoxy) is 1. The van der Waals surface area contributed by atoms with Crippen LogP contribution >= 0.6 is 0 Å². The van der Waals surface area contributed by atoms with Gasteiger partial charge < -0.3 is 20.5 Å². The van der Waals surface area contributed by atoms with Gasteiger partial charge in [-0.2, -0.15) is 0 Å². The third kappa shape index (κ3) is 7.35. The lowest BCUT2D eigenvalue weighted by Gasteiger charge is -2.24. The highest BCUT2D eigenvalue weighted by Gasteiger charge is 2.36. The maximum absolute atomic E-state index is 12.9. The molecule has 7 nitrogen and oxygen atoms in total. The third-order valence-electron chi connectivity index (χ3n) is 6.00. The second kappa shape index (κ2) is 13.1. The second-order valence-electron chi connectivity index (χ2n) is 8.21. The van der Waals surface area contributed by atoms with Gasteiger partial charge in [0.15, 0.2) is 0 Å². The number of benzene rings is 1. The summed E-state index contributed by atoms with van der Waals surface area (Å²) in [4.78, 5) is 37.9. The van der Waals surface area contributed by atoms with Crippen LogP contribution in [-0.4, -0.2) is 47.5 Å². The molecule has 0 saturated heterocycles. The number of hydrogen-bond acceptors (Lipinski definition) is 5. The van der Waals surface area contributed by atoms with Gasteiger partial charge in [-0.15, -0.1) is 0 Å². The zero-order valence-corrected chi connectivity index (χ0v) is 18.6. The largest absolute Gasteiger partial charge is 0.469 e. The summed E-state index contributed by atoms with van der Waals surface area (Å²) in [6.45, 7) is 0.636. The lowest BCUT2D eigenvalue weighted by Crippen LogP contribution is -2.45.